The molecule has 25 heavy (non-hydrogen) atoms. The van der Waals surface area contributed by atoms with Gasteiger partial charge in [0.2, 0.25) is 0 Å². The number of pyridine rings is 1. The van der Waals surface area contributed by atoms with Crippen LogP contribution >= 0.6 is 0 Å². The molecule has 1 aromatic carbocycles. The van der Waals surface area contributed by atoms with E-state index < -0.39 is 0 Å². The number of carbonyl (C=O) groups excluding carboxylic acids is 1. The van der Waals surface area contributed by atoms with Crippen LogP contribution < -0.4 is 0 Å². The molecule has 130 valence electrons. The lowest BCUT2D eigenvalue weighted by Gasteiger charge is -2.16. The number of benzene rings is 1. The van der Waals surface area contributed by atoms with E-state index in [-0.39, 0.29) is 5.78 Å². The Morgan fingerprint density at radius 3 is 2.60 bits per heavy atom. The van der Waals surface area contributed by atoms with Crippen molar-refractivity contribution in [3.05, 3.63) is 48.7 Å². The topological polar surface area (TPSA) is 51.0 Å². The third-order valence-electron chi connectivity index (χ3n) is 4.56. The fraction of sp³-hybridized carbons (Fsp3) is 0.350. The zero-order chi connectivity index (χ0) is 17.8. The summed E-state index contributed by atoms with van der Waals surface area (Å²) in [6, 6.07) is 8.29. The van der Waals surface area contributed by atoms with E-state index in [0.29, 0.717) is 13.0 Å². The molecule has 0 saturated heterocycles. The van der Waals surface area contributed by atoms with Crippen molar-refractivity contribution in [1.29, 1.82) is 0 Å². The number of ketones is 1. The van der Waals surface area contributed by atoms with Gasteiger partial charge in [0.25, 0.3) is 0 Å². The van der Waals surface area contributed by atoms with E-state index in [0.717, 1.165) is 40.8 Å². The minimum Gasteiger partial charge on any atom is -0.334 e. The second-order valence-electron chi connectivity index (χ2n) is 6.30. The molecular formula is C20H24N4O. The number of fused-ring (bicyclic) bond motifs is 1. The molecule has 5 nitrogen and oxygen atoms in total. The fourth-order valence-electron chi connectivity index (χ4n) is 3.03. The van der Waals surface area contributed by atoms with Gasteiger partial charge in [-0.25, -0.2) is 4.98 Å². The van der Waals surface area contributed by atoms with Crippen LogP contribution in [0.2, 0.25) is 0 Å². The van der Waals surface area contributed by atoms with Crippen LogP contribution in [0.25, 0.3) is 22.0 Å². The van der Waals surface area contributed by atoms with Gasteiger partial charge < -0.3 is 4.57 Å². The third kappa shape index (κ3) is 3.94. The van der Waals surface area contributed by atoms with Gasteiger partial charge in [-0.05, 0) is 30.6 Å². The molecule has 0 spiro atoms. The van der Waals surface area contributed by atoms with Crippen molar-refractivity contribution < 1.29 is 4.79 Å². The Balaban J connectivity index is 1.83. The lowest BCUT2D eigenvalue weighted by molar-refractivity contribution is -0.119. The first-order valence-electron chi connectivity index (χ1n) is 8.70. The molecule has 2 aromatic heterocycles. The third-order valence-corrected chi connectivity index (χ3v) is 4.56. The van der Waals surface area contributed by atoms with E-state index in [4.69, 9.17) is 0 Å². The van der Waals surface area contributed by atoms with Crippen molar-refractivity contribution in [1.82, 2.24) is 19.4 Å². The molecule has 0 aliphatic rings. The number of nitrogens with zero attached hydrogens (tertiary/aromatic N) is 4. The van der Waals surface area contributed by atoms with Crippen molar-refractivity contribution in [2.24, 2.45) is 7.05 Å². The molecule has 0 saturated carbocycles. The molecule has 0 aliphatic heterocycles. The summed E-state index contributed by atoms with van der Waals surface area (Å²) in [6.45, 7) is 6.42. The summed E-state index contributed by atoms with van der Waals surface area (Å²) in [5.41, 5.74) is 3.00. The van der Waals surface area contributed by atoms with Crippen LogP contribution in [0.4, 0.5) is 0 Å². The first kappa shape index (κ1) is 17.3. The monoisotopic (exact) mass is 336 g/mol. The van der Waals surface area contributed by atoms with Gasteiger partial charge in [0.1, 0.15) is 0 Å². The summed E-state index contributed by atoms with van der Waals surface area (Å²) in [7, 11) is 1.98. The molecule has 3 aromatic rings. The number of rotatable bonds is 7. The van der Waals surface area contributed by atoms with E-state index in [2.05, 4.69) is 46.9 Å². The average Bonchev–Trinajstić information content (AvgIpc) is 3.05. The number of hydrogen-bond donors (Lipinski definition) is 0. The number of carbonyl (C=O) groups is 1. The Labute approximate surface area is 148 Å². The van der Waals surface area contributed by atoms with Crippen molar-refractivity contribution in [3.63, 3.8) is 0 Å². The predicted octanol–water partition coefficient (Wildman–Crippen LogP) is 3.09. The Morgan fingerprint density at radius 1 is 1.12 bits per heavy atom. The van der Waals surface area contributed by atoms with Crippen molar-refractivity contribution >= 4 is 16.6 Å². The van der Waals surface area contributed by atoms with E-state index in [9.17, 15) is 4.79 Å². The molecule has 0 N–H and O–H groups in total. The van der Waals surface area contributed by atoms with Gasteiger partial charge in [-0.1, -0.05) is 26.0 Å². The maximum absolute atomic E-state index is 12.3. The van der Waals surface area contributed by atoms with Crippen LogP contribution in [0.1, 0.15) is 19.5 Å². The normalized spacial score (nSPS) is 11.4. The number of imidazole rings is 1. The second kappa shape index (κ2) is 7.57. The molecule has 0 unspecified atom stereocenters. The fourth-order valence-corrected chi connectivity index (χ4v) is 3.03. The minimum atomic E-state index is 0.207. The lowest BCUT2D eigenvalue weighted by atomic mass is 10.0. The van der Waals surface area contributed by atoms with Crippen LogP contribution in [-0.4, -0.2) is 44.9 Å². The minimum absolute atomic E-state index is 0.207. The summed E-state index contributed by atoms with van der Waals surface area (Å²) in [4.78, 5) is 23.0. The van der Waals surface area contributed by atoms with E-state index >= 15 is 0 Å². The Kier molecular flexibility index (Phi) is 5.24. The highest BCUT2D eigenvalue weighted by Crippen LogP contribution is 2.24. The van der Waals surface area contributed by atoms with E-state index in [1.54, 1.807) is 6.33 Å². The highest BCUT2D eigenvalue weighted by Gasteiger charge is 2.10. The van der Waals surface area contributed by atoms with Crippen molar-refractivity contribution in [2.75, 3.05) is 19.6 Å². The van der Waals surface area contributed by atoms with Crippen LogP contribution in [-0.2, 0) is 18.3 Å². The smallest absolute Gasteiger partial charge is 0.152 e. The first-order valence-corrected chi connectivity index (χ1v) is 8.70. The summed E-state index contributed by atoms with van der Waals surface area (Å²) in [5, 5.41) is 2.17. The Bertz CT molecular complexity index is 880. The number of likely N-dealkylation sites (N-methyl/N-ethyl adjacent to an activating group) is 1. The van der Waals surface area contributed by atoms with Crippen LogP contribution in [0, 0.1) is 0 Å². The van der Waals surface area contributed by atoms with E-state index in [1.807, 2.05) is 30.1 Å². The highest BCUT2D eigenvalue weighted by atomic mass is 16.1. The van der Waals surface area contributed by atoms with Gasteiger partial charge in [0.05, 0.1) is 31.2 Å². The van der Waals surface area contributed by atoms with Crippen molar-refractivity contribution in [3.8, 4) is 11.3 Å². The van der Waals surface area contributed by atoms with Crippen molar-refractivity contribution in [2.45, 2.75) is 20.3 Å². The summed E-state index contributed by atoms with van der Waals surface area (Å²) < 4.78 is 2.00. The molecule has 0 bridgehead atoms. The highest BCUT2D eigenvalue weighted by molar-refractivity contribution is 5.88. The summed E-state index contributed by atoms with van der Waals surface area (Å²) in [6.07, 6.45) is 5.88. The molecule has 3 rings (SSSR count). The standard InChI is InChI=1S/C20H24N4O/c1-4-24(5-2)13-19(25)10-18-9-17-8-15(6-7-16(17)11-22-18)20-12-21-14-23(20)3/h6-9,11-12,14H,4-5,10,13H2,1-3H3. The molecule has 0 aliphatic carbocycles. The van der Waals surface area contributed by atoms with Crippen LogP contribution in [0.15, 0.2) is 43.0 Å². The predicted molar refractivity (Wildman–Crippen MR) is 100 cm³/mol. The SMILES string of the molecule is CCN(CC)CC(=O)Cc1cc2cc(-c3cncn3C)ccc2cn1. The molecule has 5 heteroatoms. The lowest BCUT2D eigenvalue weighted by Crippen LogP contribution is -2.30. The number of aromatic nitrogens is 3. The van der Waals surface area contributed by atoms with Crippen LogP contribution in [0.5, 0.6) is 0 Å². The summed E-state index contributed by atoms with van der Waals surface area (Å²) >= 11 is 0. The first-order chi connectivity index (χ1) is 12.1. The molecule has 0 atom stereocenters. The van der Waals surface area contributed by atoms with Gasteiger partial charge in [-0.15, -0.1) is 0 Å². The largest absolute Gasteiger partial charge is 0.334 e. The van der Waals surface area contributed by atoms with Gasteiger partial charge in [-0.2, -0.15) is 0 Å². The molecule has 0 amide bonds. The molecule has 0 radical (unpaired) electrons. The molecule has 0 fully saturated rings. The zero-order valence-electron chi connectivity index (χ0n) is 15.1. The zero-order valence-corrected chi connectivity index (χ0v) is 15.1. The van der Waals surface area contributed by atoms with Crippen LogP contribution in [0.3, 0.4) is 0 Å². The Morgan fingerprint density at radius 2 is 1.92 bits per heavy atom. The van der Waals surface area contributed by atoms with E-state index in [1.165, 1.54) is 0 Å². The van der Waals surface area contributed by atoms with Gasteiger partial charge in [-0.3, -0.25) is 14.7 Å². The maximum Gasteiger partial charge on any atom is 0.152 e. The molecule has 2 heterocycles. The number of hydrogen-bond acceptors (Lipinski definition) is 4. The quantitative estimate of drug-likeness (QED) is 0.665. The Hall–Kier alpha value is -2.53. The van der Waals surface area contributed by atoms with Gasteiger partial charge in [0, 0.05) is 29.9 Å². The maximum atomic E-state index is 12.3. The average molecular weight is 336 g/mol. The van der Waals surface area contributed by atoms with Gasteiger partial charge in [0.15, 0.2) is 5.78 Å². The summed E-state index contributed by atoms with van der Waals surface area (Å²) in [5.74, 6) is 0.207. The molecular weight excluding hydrogens is 312 g/mol. The van der Waals surface area contributed by atoms with Gasteiger partial charge >= 0.3 is 0 Å². The number of aryl methyl sites for hydroxylation is 1. The number of Topliss-reactive ketones (excluding diaryl/α,β-unsaturated/α-hetero) is 1. The second-order valence-corrected chi connectivity index (χ2v) is 6.30.